The maximum atomic E-state index is 10.0. The molecule has 0 aliphatic carbocycles. The van der Waals surface area contributed by atoms with Crippen LogP contribution in [0.1, 0.15) is 6.92 Å². The first-order valence-corrected chi connectivity index (χ1v) is 9.36. The summed E-state index contributed by atoms with van der Waals surface area (Å²) in [7, 11) is 0. The van der Waals surface area contributed by atoms with E-state index in [-0.39, 0.29) is 5.11 Å². The molecule has 158 valence electrons. The Morgan fingerprint density at radius 3 is 2.59 bits per heavy atom. The van der Waals surface area contributed by atoms with Gasteiger partial charge in [-0.2, -0.15) is 4.98 Å². The summed E-state index contributed by atoms with van der Waals surface area (Å²) in [6, 6.07) is 7.41. The smallest absolute Gasteiger partial charge is 0.335 e. The summed E-state index contributed by atoms with van der Waals surface area (Å²) in [6.45, 7) is 1.81. The average Bonchev–Trinajstić information content (AvgIpc) is 3.18. The standard InChI is InChI=1S/C17H23N5O6S/c1-2-27-16-18-8-22(21-16)10-5-3-9(4-6-10)19-17(29)20-15-14(26)13(25)12(24)11(7-23)28-15/h3-6,8,11-15,23-26H,2,7H2,1H3,(H2,19,20,29)/t11-,12-,13+,14-,15?/m1/s1. The van der Waals surface area contributed by atoms with Gasteiger partial charge in [-0.05, 0) is 43.4 Å². The molecule has 1 fully saturated rings. The molecule has 0 saturated carbocycles. The van der Waals surface area contributed by atoms with Gasteiger partial charge < -0.3 is 40.5 Å². The number of benzene rings is 1. The second-order valence-corrected chi connectivity index (χ2v) is 6.71. The van der Waals surface area contributed by atoms with Gasteiger partial charge in [0, 0.05) is 5.69 Å². The predicted octanol–water partition coefficient (Wildman–Crippen LogP) is -1.25. The van der Waals surface area contributed by atoms with E-state index < -0.39 is 37.3 Å². The van der Waals surface area contributed by atoms with Crippen molar-refractivity contribution in [2.24, 2.45) is 0 Å². The largest absolute Gasteiger partial charge is 0.463 e. The quantitative estimate of drug-likeness (QED) is 0.308. The second-order valence-electron chi connectivity index (χ2n) is 6.30. The van der Waals surface area contributed by atoms with Crippen molar-refractivity contribution in [1.29, 1.82) is 0 Å². The van der Waals surface area contributed by atoms with Crippen molar-refractivity contribution >= 4 is 23.0 Å². The maximum Gasteiger partial charge on any atom is 0.335 e. The normalized spacial score (nSPS) is 26.7. The van der Waals surface area contributed by atoms with Gasteiger partial charge in [-0.15, -0.1) is 5.10 Å². The first-order chi connectivity index (χ1) is 13.9. The van der Waals surface area contributed by atoms with Crippen LogP contribution in [0, 0.1) is 0 Å². The number of hydrogen-bond acceptors (Lipinski definition) is 9. The molecule has 11 nitrogen and oxygen atoms in total. The van der Waals surface area contributed by atoms with E-state index >= 15 is 0 Å². The third-order valence-electron chi connectivity index (χ3n) is 4.30. The van der Waals surface area contributed by atoms with Crippen molar-refractivity contribution < 1.29 is 29.9 Å². The van der Waals surface area contributed by atoms with Crippen molar-refractivity contribution in [1.82, 2.24) is 20.1 Å². The Morgan fingerprint density at radius 2 is 1.93 bits per heavy atom. The lowest BCUT2D eigenvalue weighted by molar-refractivity contribution is -0.232. The van der Waals surface area contributed by atoms with E-state index in [1.54, 1.807) is 35.3 Å². The monoisotopic (exact) mass is 425 g/mol. The van der Waals surface area contributed by atoms with Crippen molar-refractivity contribution in [3.63, 3.8) is 0 Å². The number of hydrogen-bond donors (Lipinski definition) is 6. The second kappa shape index (κ2) is 9.43. The molecule has 1 aliphatic heterocycles. The molecule has 0 bridgehead atoms. The minimum absolute atomic E-state index is 0.126. The number of ether oxygens (including phenoxy) is 2. The average molecular weight is 425 g/mol. The summed E-state index contributed by atoms with van der Waals surface area (Å²) >= 11 is 5.21. The van der Waals surface area contributed by atoms with Gasteiger partial charge >= 0.3 is 6.01 Å². The Hall–Kier alpha value is -2.35. The highest BCUT2D eigenvalue weighted by Gasteiger charge is 2.43. The van der Waals surface area contributed by atoms with E-state index in [9.17, 15) is 20.4 Å². The van der Waals surface area contributed by atoms with Gasteiger partial charge in [-0.25, -0.2) is 4.68 Å². The zero-order chi connectivity index (χ0) is 21.0. The minimum atomic E-state index is -1.48. The van der Waals surface area contributed by atoms with Gasteiger partial charge in [0.05, 0.1) is 18.9 Å². The van der Waals surface area contributed by atoms with Crippen LogP contribution >= 0.6 is 12.2 Å². The van der Waals surface area contributed by atoms with Gasteiger partial charge in [0.25, 0.3) is 0 Å². The summed E-state index contributed by atoms with van der Waals surface area (Å²) < 4.78 is 12.2. The summed E-state index contributed by atoms with van der Waals surface area (Å²) in [6.07, 6.45) is -4.92. The number of rotatable bonds is 6. The zero-order valence-electron chi connectivity index (χ0n) is 15.5. The molecule has 6 N–H and O–H groups in total. The Bertz CT molecular complexity index is 817. The molecule has 0 amide bonds. The van der Waals surface area contributed by atoms with Crippen LogP contribution < -0.4 is 15.4 Å². The number of aromatic nitrogens is 3. The van der Waals surface area contributed by atoms with E-state index in [4.69, 9.17) is 21.7 Å². The number of nitrogens with zero attached hydrogens (tertiary/aromatic N) is 3. The highest BCUT2D eigenvalue weighted by Crippen LogP contribution is 2.20. The molecule has 1 aliphatic rings. The third kappa shape index (κ3) is 4.98. The predicted molar refractivity (Wildman–Crippen MR) is 106 cm³/mol. The molecular formula is C17H23N5O6S. The summed E-state index contributed by atoms with van der Waals surface area (Å²) in [5.41, 5.74) is 1.42. The molecule has 1 aromatic heterocycles. The summed E-state index contributed by atoms with van der Waals surface area (Å²) in [5, 5.41) is 48.9. The van der Waals surface area contributed by atoms with Gasteiger partial charge in [0.2, 0.25) is 0 Å². The van der Waals surface area contributed by atoms with E-state index in [2.05, 4.69) is 20.7 Å². The molecule has 5 atom stereocenters. The van der Waals surface area contributed by atoms with Gasteiger partial charge in [0.1, 0.15) is 30.7 Å². The first kappa shape index (κ1) is 21.4. The molecule has 12 heteroatoms. The van der Waals surface area contributed by atoms with Crippen molar-refractivity contribution in [3.05, 3.63) is 30.6 Å². The van der Waals surface area contributed by atoms with Crippen LogP contribution in [0.5, 0.6) is 6.01 Å². The number of anilines is 1. The molecule has 0 spiro atoms. The molecule has 0 radical (unpaired) electrons. The van der Waals surface area contributed by atoms with Crippen LogP contribution in [-0.2, 0) is 4.74 Å². The Balaban J connectivity index is 1.59. The molecular weight excluding hydrogens is 402 g/mol. The fourth-order valence-electron chi connectivity index (χ4n) is 2.78. The number of thiocarbonyl (C=S) groups is 1. The van der Waals surface area contributed by atoms with E-state index in [1.165, 1.54) is 0 Å². The van der Waals surface area contributed by atoms with Crippen LogP contribution in [-0.4, -0.2) is 84.2 Å². The third-order valence-corrected chi connectivity index (χ3v) is 4.52. The van der Waals surface area contributed by atoms with Crippen molar-refractivity contribution in [3.8, 4) is 11.7 Å². The highest BCUT2D eigenvalue weighted by atomic mass is 32.1. The fraction of sp³-hybridized carbons (Fsp3) is 0.471. The lowest BCUT2D eigenvalue weighted by Crippen LogP contribution is -2.63. The first-order valence-electron chi connectivity index (χ1n) is 8.96. The lowest BCUT2D eigenvalue weighted by atomic mass is 9.98. The fourth-order valence-corrected chi connectivity index (χ4v) is 3.02. The number of nitrogens with one attached hydrogen (secondary N) is 2. The molecule has 1 saturated heterocycles. The van der Waals surface area contributed by atoms with E-state index in [0.29, 0.717) is 18.3 Å². The van der Waals surface area contributed by atoms with Gasteiger partial charge in [-0.3, -0.25) is 0 Å². The van der Waals surface area contributed by atoms with E-state index in [1.807, 2.05) is 6.92 Å². The Kier molecular flexibility index (Phi) is 6.95. The van der Waals surface area contributed by atoms with Crippen molar-refractivity contribution in [2.75, 3.05) is 18.5 Å². The van der Waals surface area contributed by atoms with Gasteiger partial charge in [-0.1, -0.05) is 0 Å². The SMILES string of the molecule is CCOc1ncn(-c2ccc(NC(=S)NC3O[C@H](CO)[C@@H](O)[C@H](O)[C@H]3O)cc2)n1. The maximum absolute atomic E-state index is 10.0. The summed E-state index contributed by atoms with van der Waals surface area (Å²) in [4.78, 5) is 4.04. The van der Waals surface area contributed by atoms with E-state index in [0.717, 1.165) is 5.69 Å². The van der Waals surface area contributed by atoms with Crippen LogP contribution in [0.4, 0.5) is 5.69 Å². The molecule has 2 heterocycles. The number of aliphatic hydroxyl groups excluding tert-OH is 4. The molecule has 29 heavy (non-hydrogen) atoms. The zero-order valence-corrected chi connectivity index (χ0v) is 16.4. The van der Waals surface area contributed by atoms with Crippen LogP contribution in [0.2, 0.25) is 0 Å². The number of aliphatic hydroxyl groups is 4. The van der Waals surface area contributed by atoms with Crippen LogP contribution in [0.15, 0.2) is 30.6 Å². The minimum Gasteiger partial charge on any atom is -0.463 e. The topological polar surface area (TPSA) is 154 Å². The molecule has 1 unspecified atom stereocenters. The molecule has 1 aromatic carbocycles. The Morgan fingerprint density at radius 1 is 1.21 bits per heavy atom. The van der Waals surface area contributed by atoms with Crippen LogP contribution in [0.3, 0.4) is 0 Å². The van der Waals surface area contributed by atoms with Gasteiger partial charge in [0.15, 0.2) is 11.3 Å². The highest BCUT2D eigenvalue weighted by molar-refractivity contribution is 7.80. The molecule has 2 aromatic rings. The van der Waals surface area contributed by atoms with Crippen LogP contribution in [0.25, 0.3) is 5.69 Å². The Labute approximate surface area is 171 Å². The lowest BCUT2D eigenvalue weighted by Gasteiger charge is -2.40. The summed E-state index contributed by atoms with van der Waals surface area (Å²) in [5.74, 6) is 0. The molecule has 3 rings (SSSR count). The van der Waals surface area contributed by atoms with Crippen molar-refractivity contribution in [2.45, 2.75) is 37.6 Å².